The zero-order chi connectivity index (χ0) is 20.1. The third kappa shape index (κ3) is 4.78. The number of rotatable bonds is 5. The first-order valence-corrected chi connectivity index (χ1v) is 9.57. The van der Waals surface area contributed by atoms with E-state index in [1.54, 1.807) is 36.7 Å². The van der Waals surface area contributed by atoms with Crippen molar-refractivity contribution in [3.05, 3.63) is 48.7 Å². The maximum atomic E-state index is 13.3. The van der Waals surface area contributed by atoms with Crippen LogP contribution >= 0.6 is 0 Å². The highest BCUT2D eigenvalue weighted by Crippen LogP contribution is 2.28. The molecule has 1 N–H and O–H groups in total. The first kappa shape index (κ1) is 20.1. The molecule has 1 aliphatic rings. The summed E-state index contributed by atoms with van der Waals surface area (Å²) in [7, 11) is 0. The molecule has 2 atom stereocenters. The molecule has 2 unspecified atom stereocenters. The monoisotopic (exact) mass is 385 g/mol. The third-order valence-corrected chi connectivity index (χ3v) is 4.58. The molecule has 3 rings (SSSR count). The zero-order valence-corrected chi connectivity index (χ0v) is 16.6. The summed E-state index contributed by atoms with van der Waals surface area (Å²) in [4.78, 5) is 32.2. The first-order valence-electron chi connectivity index (χ1n) is 9.57. The van der Waals surface area contributed by atoms with Crippen LogP contribution in [0.25, 0.3) is 0 Å². The Kier molecular flexibility index (Phi) is 6.14. The van der Waals surface area contributed by atoms with Crippen LogP contribution in [0.3, 0.4) is 0 Å². The Hall–Kier alpha value is -2.67. The summed E-state index contributed by atoms with van der Waals surface area (Å²) in [6.45, 7) is 7.00. The van der Waals surface area contributed by atoms with Gasteiger partial charge in [0.15, 0.2) is 5.76 Å². The fourth-order valence-corrected chi connectivity index (χ4v) is 3.44. The fourth-order valence-electron chi connectivity index (χ4n) is 3.44. The molecule has 2 aromatic heterocycles. The van der Waals surface area contributed by atoms with E-state index in [0.29, 0.717) is 12.2 Å². The molecule has 0 radical (unpaired) electrons. The van der Waals surface area contributed by atoms with Crippen molar-refractivity contribution >= 4 is 17.6 Å². The van der Waals surface area contributed by atoms with Gasteiger partial charge in [-0.05, 0) is 64.4 Å². The number of esters is 1. The van der Waals surface area contributed by atoms with Gasteiger partial charge in [-0.3, -0.25) is 14.7 Å². The van der Waals surface area contributed by atoms with Gasteiger partial charge < -0.3 is 14.5 Å². The van der Waals surface area contributed by atoms with Gasteiger partial charge in [0.1, 0.15) is 11.6 Å². The van der Waals surface area contributed by atoms with E-state index in [-0.39, 0.29) is 17.6 Å². The van der Waals surface area contributed by atoms with Crippen molar-refractivity contribution in [2.45, 2.75) is 45.3 Å². The molecule has 150 valence electrons. The second-order valence-electron chi connectivity index (χ2n) is 7.95. The summed E-state index contributed by atoms with van der Waals surface area (Å²) < 4.78 is 11.0. The van der Waals surface area contributed by atoms with Crippen LogP contribution in [-0.2, 0) is 9.53 Å². The Labute approximate surface area is 165 Å². The number of ether oxygens (including phenoxy) is 1. The highest BCUT2D eigenvalue weighted by molar-refractivity contribution is 6.07. The summed E-state index contributed by atoms with van der Waals surface area (Å²) in [6.07, 6.45) is 6.40. The molecular weight excluding hydrogens is 358 g/mol. The molecule has 1 fully saturated rings. The Morgan fingerprint density at radius 1 is 1.32 bits per heavy atom. The summed E-state index contributed by atoms with van der Waals surface area (Å²) >= 11 is 0. The molecule has 1 saturated heterocycles. The standard InChI is InChI=1S/C21H27N3O4/c1-21(2,3)28-20(26)18(15-7-4-10-22-13-15)24(16-8-5-11-23-14-16)19(25)17-9-6-12-27-17/h5-6,8-9,11-12,14-15,18,22H,4,7,10,13H2,1-3H3. The molecule has 2 aromatic rings. The molecule has 0 aliphatic carbocycles. The van der Waals surface area contributed by atoms with Gasteiger partial charge in [-0.2, -0.15) is 0 Å². The van der Waals surface area contributed by atoms with E-state index in [1.165, 1.54) is 11.2 Å². The van der Waals surface area contributed by atoms with E-state index in [0.717, 1.165) is 19.4 Å². The average molecular weight is 385 g/mol. The average Bonchev–Trinajstić information content (AvgIpc) is 3.20. The lowest BCUT2D eigenvalue weighted by Crippen LogP contribution is -2.55. The summed E-state index contributed by atoms with van der Waals surface area (Å²) in [5.74, 6) is -0.728. The lowest BCUT2D eigenvalue weighted by atomic mass is 9.89. The SMILES string of the molecule is CC(C)(C)OC(=O)C(C1CCCNC1)N(C(=O)c1ccco1)c1cccnc1. The minimum Gasteiger partial charge on any atom is -0.459 e. The van der Waals surface area contributed by atoms with E-state index >= 15 is 0 Å². The van der Waals surface area contributed by atoms with Gasteiger partial charge in [-0.15, -0.1) is 0 Å². The van der Waals surface area contributed by atoms with Crippen molar-refractivity contribution in [1.29, 1.82) is 0 Å². The van der Waals surface area contributed by atoms with Crippen LogP contribution in [0.4, 0.5) is 5.69 Å². The van der Waals surface area contributed by atoms with Gasteiger partial charge in [-0.25, -0.2) is 4.79 Å². The predicted molar refractivity (Wildman–Crippen MR) is 105 cm³/mol. The number of nitrogens with zero attached hydrogens (tertiary/aromatic N) is 2. The second kappa shape index (κ2) is 8.56. The highest BCUT2D eigenvalue weighted by Gasteiger charge is 2.41. The zero-order valence-electron chi connectivity index (χ0n) is 16.6. The van der Waals surface area contributed by atoms with Crippen LogP contribution in [0, 0.1) is 5.92 Å². The molecule has 7 nitrogen and oxygen atoms in total. The van der Waals surface area contributed by atoms with Gasteiger partial charge in [0, 0.05) is 18.7 Å². The highest BCUT2D eigenvalue weighted by atomic mass is 16.6. The number of hydrogen-bond donors (Lipinski definition) is 1. The molecule has 1 aliphatic heterocycles. The van der Waals surface area contributed by atoms with E-state index in [1.807, 2.05) is 20.8 Å². The number of anilines is 1. The molecular formula is C21H27N3O4. The molecule has 0 spiro atoms. The van der Waals surface area contributed by atoms with Crippen LogP contribution in [0.2, 0.25) is 0 Å². The number of carbonyl (C=O) groups excluding carboxylic acids is 2. The molecule has 0 saturated carbocycles. The number of hydrogen-bond acceptors (Lipinski definition) is 6. The maximum absolute atomic E-state index is 13.3. The Morgan fingerprint density at radius 2 is 2.14 bits per heavy atom. The van der Waals surface area contributed by atoms with Crippen molar-refractivity contribution in [2.75, 3.05) is 18.0 Å². The van der Waals surface area contributed by atoms with Crippen LogP contribution in [0.5, 0.6) is 0 Å². The molecule has 1 amide bonds. The number of amides is 1. The number of pyridine rings is 1. The number of piperidine rings is 1. The maximum Gasteiger partial charge on any atom is 0.330 e. The molecule has 7 heteroatoms. The topological polar surface area (TPSA) is 84.7 Å². The van der Waals surface area contributed by atoms with Gasteiger partial charge in [0.25, 0.3) is 5.91 Å². The predicted octanol–water partition coefficient (Wildman–Crippen LogP) is 3.03. The van der Waals surface area contributed by atoms with Crippen molar-refractivity contribution in [1.82, 2.24) is 10.3 Å². The molecule has 3 heterocycles. The largest absolute Gasteiger partial charge is 0.459 e. The van der Waals surface area contributed by atoms with Crippen molar-refractivity contribution in [2.24, 2.45) is 5.92 Å². The second-order valence-corrected chi connectivity index (χ2v) is 7.95. The lowest BCUT2D eigenvalue weighted by molar-refractivity contribution is -0.158. The Bertz CT molecular complexity index is 778. The van der Waals surface area contributed by atoms with E-state index in [9.17, 15) is 9.59 Å². The van der Waals surface area contributed by atoms with E-state index in [4.69, 9.17) is 9.15 Å². The van der Waals surface area contributed by atoms with Gasteiger partial charge in [0.2, 0.25) is 0 Å². The van der Waals surface area contributed by atoms with Crippen molar-refractivity contribution in [3.8, 4) is 0 Å². The summed E-state index contributed by atoms with van der Waals surface area (Å²) in [5, 5.41) is 3.33. The van der Waals surface area contributed by atoms with Gasteiger partial charge in [-0.1, -0.05) is 0 Å². The van der Waals surface area contributed by atoms with Gasteiger partial charge >= 0.3 is 5.97 Å². The third-order valence-electron chi connectivity index (χ3n) is 4.58. The Morgan fingerprint density at radius 3 is 2.71 bits per heavy atom. The number of aromatic nitrogens is 1. The Balaban J connectivity index is 2.04. The van der Waals surface area contributed by atoms with Crippen molar-refractivity contribution in [3.63, 3.8) is 0 Å². The summed E-state index contributed by atoms with van der Waals surface area (Å²) in [6, 6.07) is 5.97. The van der Waals surface area contributed by atoms with E-state index < -0.39 is 17.6 Å². The van der Waals surface area contributed by atoms with Crippen LogP contribution < -0.4 is 10.2 Å². The fraction of sp³-hybridized carbons (Fsp3) is 0.476. The molecule has 28 heavy (non-hydrogen) atoms. The number of carbonyl (C=O) groups is 2. The van der Waals surface area contributed by atoms with Crippen LogP contribution in [-0.4, -0.2) is 41.6 Å². The molecule has 0 aromatic carbocycles. The lowest BCUT2D eigenvalue weighted by Gasteiger charge is -2.38. The number of nitrogens with one attached hydrogen (secondary N) is 1. The minimum absolute atomic E-state index is 0.0808. The van der Waals surface area contributed by atoms with Crippen molar-refractivity contribution < 1.29 is 18.7 Å². The first-order chi connectivity index (χ1) is 13.4. The summed E-state index contributed by atoms with van der Waals surface area (Å²) in [5.41, 5.74) is -0.128. The van der Waals surface area contributed by atoms with Crippen LogP contribution in [0.15, 0.2) is 47.3 Å². The van der Waals surface area contributed by atoms with Crippen LogP contribution in [0.1, 0.15) is 44.2 Å². The quantitative estimate of drug-likeness (QED) is 0.797. The van der Waals surface area contributed by atoms with Gasteiger partial charge in [0.05, 0.1) is 18.1 Å². The van der Waals surface area contributed by atoms with E-state index in [2.05, 4.69) is 10.3 Å². The normalized spacial score (nSPS) is 18.3. The number of furan rings is 1. The molecule has 0 bridgehead atoms. The minimum atomic E-state index is -0.783. The smallest absolute Gasteiger partial charge is 0.330 e.